The maximum atomic E-state index is 10.4. The molecule has 0 aromatic rings. The third kappa shape index (κ3) is 17.1. The smallest absolute Gasteiger partial charge is 0.303 e. The maximum absolute atomic E-state index is 10.4. The van der Waals surface area contributed by atoms with Crippen LogP contribution in [-0.2, 0) is 4.79 Å². The van der Waals surface area contributed by atoms with Crippen LogP contribution in [0.25, 0.3) is 0 Å². The zero-order valence-corrected chi connectivity index (χ0v) is 16.2. The maximum Gasteiger partial charge on any atom is 0.303 e. The summed E-state index contributed by atoms with van der Waals surface area (Å²) in [5, 5.41) is 37.7. The molecular weight excluding hydrogens is 344 g/mol. The number of rotatable bonds is 15. The van der Waals surface area contributed by atoms with Crippen molar-refractivity contribution in [3.05, 3.63) is 60.4 Å². The number of hydrogen-bond donors (Lipinski definition) is 4. The molecule has 0 spiro atoms. The van der Waals surface area contributed by atoms with Crippen molar-refractivity contribution in [3.63, 3.8) is 0 Å². The van der Waals surface area contributed by atoms with Crippen molar-refractivity contribution in [1.29, 1.82) is 0 Å². The van der Waals surface area contributed by atoms with Gasteiger partial charge in [-0.3, -0.25) is 4.79 Å². The first-order chi connectivity index (χ1) is 13.0. The van der Waals surface area contributed by atoms with Gasteiger partial charge in [-0.25, -0.2) is 0 Å². The van der Waals surface area contributed by atoms with Crippen molar-refractivity contribution < 1.29 is 25.2 Å². The van der Waals surface area contributed by atoms with Gasteiger partial charge in [0.2, 0.25) is 0 Å². The fraction of sp³-hybridized carbons (Fsp3) is 0.500. The molecule has 0 amide bonds. The lowest BCUT2D eigenvalue weighted by Crippen LogP contribution is -2.22. The topological polar surface area (TPSA) is 98.0 Å². The van der Waals surface area contributed by atoms with E-state index in [2.05, 4.69) is 0 Å². The summed E-state index contributed by atoms with van der Waals surface area (Å²) in [6.07, 6.45) is 19.3. The lowest BCUT2D eigenvalue weighted by Gasteiger charge is -2.11. The van der Waals surface area contributed by atoms with Gasteiger partial charge in [-0.15, -0.1) is 0 Å². The molecule has 0 aliphatic rings. The number of carbonyl (C=O) groups is 1. The molecule has 5 heteroatoms. The minimum absolute atomic E-state index is 0.180. The SMILES string of the molecule is CC/C=C/CC(O)C(O)/C=C/C=C/C=C/C/C=C(/O)CCCCCC(=O)O. The minimum atomic E-state index is -0.893. The van der Waals surface area contributed by atoms with E-state index in [0.717, 1.165) is 19.3 Å². The van der Waals surface area contributed by atoms with Gasteiger partial charge in [0.25, 0.3) is 0 Å². The Morgan fingerprint density at radius 1 is 0.889 bits per heavy atom. The van der Waals surface area contributed by atoms with Gasteiger partial charge in [0.1, 0.15) is 0 Å². The van der Waals surface area contributed by atoms with Crippen molar-refractivity contribution >= 4 is 5.97 Å². The minimum Gasteiger partial charge on any atom is -0.513 e. The van der Waals surface area contributed by atoms with Crippen molar-refractivity contribution in [2.75, 3.05) is 0 Å². The third-order valence-electron chi connectivity index (χ3n) is 3.76. The fourth-order valence-electron chi connectivity index (χ4n) is 2.20. The van der Waals surface area contributed by atoms with Crippen LogP contribution in [0, 0.1) is 0 Å². The van der Waals surface area contributed by atoms with Gasteiger partial charge in [-0.1, -0.05) is 62.0 Å². The second-order valence-corrected chi connectivity index (χ2v) is 6.26. The van der Waals surface area contributed by atoms with Crippen LogP contribution in [0.1, 0.15) is 58.3 Å². The Labute approximate surface area is 162 Å². The van der Waals surface area contributed by atoms with Gasteiger partial charge in [-0.2, -0.15) is 0 Å². The zero-order valence-electron chi connectivity index (χ0n) is 16.2. The zero-order chi connectivity index (χ0) is 20.3. The van der Waals surface area contributed by atoms with E-state index in [1.54, 1.807) is 24.3 Å². The highest BCUT2D eigenvalue weighted by Crippen LogP contribution is 2.09. The molecule has 4 N–H and O–H groups in total. The van der Waals surface area contributed by atoms with Gasteiger partial charge in [0.15, 0.2) is 0 Å². The number of carboxylic acids is 1. The highest BCUT2D eigenvalue weighted by Gasteiger charge is 2.10. The molecule has 152 valence electrons. The molecule has 0 rings (SSSR count). The molecule has 2 atom stereocenters. The van der Waals surface area contributed by atoms with E-state index in [4.69, 9.17) is 5.11 Å². The van der Waals surface area contributed by atoms with Crippen molar-refractivity contribution in [2.45, 2.75) is 70.5 Å². The molecule has 0 aromatic heterocycles. The first-order valence-corrected chi connectivity index (χ1v) is 9.58. The van der Waals surface area contributed by atoms with Crippen molar-refractivity contribution in [3.8, 4) is 0 Å². The van der Waals surface area contributed by atoms with Crippen LogP contribution in [0.2, 0.25) is 0 Å². The molecule has 0 aliphatic carbocycles. The van der Waals surface area contributed by atoms with E-state index in [-0.39, 0.29) is 6.42 Å². The number of hydrogen-bond acceptors (Lipinski definition) is 4. The third-order valence-corrected chi connectivity index (χ3v) is 3.76. The lowest BCUT2D eigenvalue weighted by molar-refractivity contribution is -0.137. The molecule has 0 fully saturated rings. The van der Waals surface area contributed by atoms with Gasteiger partial charge < -0.3 is 20.4 Å². The summed E-state index contributed by atoms with van der Waals surface area (Å²) in [7, 11) is 0. The Morgan fingerprint density at radius 3 is 2.30 bits per heavy atom. The number of aliphatic hydroxyl groups is 3. The monoisotopic (exact) mass is 378 g/mol. The summed E-state index contributed by atoms with van der Waals surface area (Å²) in [6, 6.07) is 0. The van der Waals surface area contributed by atoms with Gasteiger partial charge in [0, 0.05) is 12.8 Å². The number of carboxylic acid groups (broad SMARTS) is 1. The molecule has 0 aliphatic heterocycles. The number of allylic oxidation sites excluding steroid dienone is 8. The molecule has 0 aromatic carbocycles. The molecule has 0 heterocycles. The van der Waals surface area contributed by atoms with Gasteiger partial charge in [0.05, 0.1) is 18.0 Å². The molecular formula is C22H34O5. The molecule has 2 unspecified atom stereocenters. The number of aliphatic carboxylic acids is 1. The summed E-state index contributed by atoms with van der Waals surface area (Å²) < 4.78 is 0. The summed E-state index contributed by atoms with van der Waals surface area (Å²) >= 11 is 0. The van der Waals surface area contributed by atoms with Crippen LogP contribution in [0.4, 0.5) is 0 Å². The van der Waals surface area contributed by atoms with E-state index >= 15 is 0 Å². The quantitative estimate of drug-likeness (QED) is 0.144. The van der Waals surface area contributed by atoms with Gasteiger partial charge >= 0.3 is 5.97 Å². The van der Waals surface area contributed by atoms with E-state index in [1.807, 2.05) is 37.3 Å². The average Bonchev–Trinajstić information content (AvgIpc) is 2.63. The summed E-state index contributed by atoms with van der Waals surface area (Å²) in [6.45, 7) is 2.01. The number of aliphatic hydroxyl groups excluding tert-OH is 3. The van der Waals surface area contributed by atoms with E-state index in [9.17, 15) is 20.1 Å². The summed E-state index contributed by atoms with van der Waals surface area (Å²) in [4.78, 5) is 10.4. The van der Waals surface area contributed by atoms with Crippen LogP contribution in [0.3, 0.4) is 0 Å². The molecule has 27 heavy (non-hydrogen) atoms. The molecule has 0 radical (unpaired) electrons. The average molecular weight is 379 g/mol. The first-order valence-electron chi connectivity index (χ1n) is 9.58. The Bertz CT molecular complexity index is 529. The second kappa shape index (κ2) is 17.3. The van der Waals surface area contributed by atoms with E-state index in [0.29, 0.717) is 31.4 Å². The predicted molar refractivity (Wildman–Crippen MR) is 110 cm³/mol. The van der Waals surface area contributed by atoms with Gasteiger partial charge in [-0.05, 0) is 38.2 Å². The van der Waals surface area contributed by atoms with Crippen LogP contribution < -0.4 is 0 Å². The Balaban J connectivity index is 3.93. The van der Waals surface area contributed by atoms with Crippen molar-refractivity contribution in [2.24, 2.45) is 0 Å². The molecule has 0 bridgehead atoms. The van der Waals surface area contributed by atoms with E-state index in [1.165, 1.54) is 0 Å². The normalized spacial score (nSPS) is 15.4. The Hall–Kier alpha value is -2.11. The van der Waals surface area contributed by atoms with Crippen LogP contribution in [0.5, 0.6) is 0 Å². The van der Waals surface area contributed by atoms with Crippen molar-refractivity contribution in [1.82, 2.24) is 0 Å². The Kier molecular flexibility index (Phi) is 16.0. The molecule has 5 nitrogen and oxygen atoms in total. The lowest BCUT2D eigenvalue weighted by atomic mass is 10.1. The molecule has 0 saturated heterocycles. The highest BCUT2D eigenvalue weighted by atomic mass is 16.4. The predicted octanol–water partition coefficient (Wildman–Crippen LogP) is 4.60. The largest absolute Gasteiger partial charge is 0.513 e. The summed E-state index contributed by atoms with van der Waals surface area (Å²) in [5.74, 6) is -0.453. The first kappa shape index (κ1) is 24.9. The van der Waals surface area contributed by atoms with E-state index < -0.39 is 18.2 Å². The van der Waals surface area contributed by atoms with Crippen LogP contribution in [-0.4, -0.2) is 38.6 Å². The van der Waals surface area contributed by atoms with Crippen LogP contribution in [0.15, 0.2) is 60.4 Å². The standard InChI is InChI=1S/C22H34O5/c1-2-3-9-16-20(24)21(25)17-12-7-5-4-6-10-14-19(23)15-11-8-13-18-22(26)27/h3-7,9,12,14,17,20-21,23-25H,2,8,10-11,13,15-16,18H2,1H3,(H,26,27)/b6-4+,7-5+,9-3+,17-12+,19-14+. The number of unbranched alkanes of at least 4 members (excludes halogenated alkanes) is 2. The highest BCUT2D eigenvalue weighted by molar-refractivity contribution is 5.66. The second-order valence-electron chi connectivity index (χ2n) is 6.26. The van der Waals surface area contributed by atoms with Crippen LogP contribution >= 0.6 is 0 Å². The summed E-state index contributed by atoms with van der Waals surface area (Å²) in [5.41, 5.74) is 0. The fourth-order valence-corrected chi connectivity index (χ4v) is 2.20. The Morgan fingerprint density at radius 2 is 1.59 bits per heavy atom. The molecule has 0 saturated carbocycles.